The Morgan fingerprint density at radius 2 is 1.87 bits per heavy atom. The van der Waals surface area contributed by atoms with Crippen LogP contribution in [0.4, 0.5) is 5.69 Å². The number of carboxylic acids is 1. The molecule has 1 aliphatic rings. The number of carbonyl (C=O) groups is 2. The van der Waals surface area contributed by atoms with Crippen LogP contribution < -0.4 is 5.32 Å². The van der Waals surface area contributed by atoms with Crippen molar-refractivity contribution in [2.24, 2.45) is 5.41 Å². The number of aliphatic carboxylic acids is 1. The number of rotatable bonds is 5. The fourth-order valence-electron chi connectivity index (χ4n) is 2.09. The third kappa shape index (κ3) is 3.55. The Labute approximate surface area is 135 Å². The van der Waals surface area contributed by atoms with Gasteiger partial charge in [-0.05, 0) is 51.3 Å². The molecule has 7 heteroatoms. The lowest BCUT2D eigenvalue weighted by Gasteiger charge is -2.19. The molecule has 0 atom stereocenters. The molecule has 0 unspecified atom stereocenters. The van der Waals surface area contributed by atoms with Crippen molar-refractivity contribution in [3.63, 3.8) is 0 Å². The lowest BCUT2D eigenvalue weighted by molar-refractivity contribution is -0.147. The highest BCUT2D eigenvalue weighted by atomic mass is 32.2. The first kappa shape index (κ1) is 17.5. The summed E-state index contributed by atoms with van der Waals surface area (Å²) in [4.78, 5) is 23.2. The van der Waals surface area contributed by atoms with Crippen molar-refractivity contribution in [2.75, 3.05) is 5.32 Å². The number of hydrogen-bond acceptors (Lipinski definition) is 4. The van der Waals surface area contributed by atoms with Gasteiger partial charge in [-0.1, -0.05) is 12.1 Å². The Balaban J connectivity index is 2.15. The van der Waals surface area contributed by atoms with Crippen LogP contribution in [-0.2, 0) is 25.2 Å². The summed E-state index contributed by atoms with van der Waals surface area (Å²) in [5.74, 6) is -1.81. The van der Waals surface area contributed by atoms with Gasteiger partial charge in [0.15, 0.2) is 9.84 Å². The number of anilines is 1. The molecule has 0 aliphatic heterocycles. The predicted molar refractivity (Wildman–Crippen MR) is 86.8 cm³/mol. The molecule has 1 aromatic carbocycles. The van der Waals surface area contributed by atoms with Gasteiger partial charge in [-0.3, -0.25) is 9.59 Å². The predicted octanol–water partition coefficient (Wildman–Crippen LogP) is 2.20. The number of sulfone groups is 1. The molecule has 1 aliphatic carbocycles. The monoisotopic (exact) mass is 339 g/mol. The van der Waals surface area contributed by atoms with E-state index in [1.807, 2.05) is 0 Å². The Morgan fingerprint density at radius 1 is 1.26 bits per heavy atom. The van der Waals surface area contributed by atoms with Crippen molar-refractivity contribution in [1.82, 2.24) is 0 Å². The van der Waals surface area contributed by atoms with Crippen LogP contribution in [0.25, 0.3) is 0 Å². The molecule has 1 aromatic rings. The number of amides is 1. The molecule has 0 spiro atoms. The van der Waals surface area contributed by atoms with Crippen molar-refractivity contribution in [3.05, 3.63) is 29.8 Å². The van der Waals surface area contributed by atoms with Gasteiger partial charge in [0.2, 0.25) is 5.91 Å². The zero-order valence-corrected chi connectivity index (χ0v) is 14.2. The second-order valence-corrected chi connectivity index (χ2v) is 9.66. The summed E-state index contributed by atoms with van der Waals surface area (Å²) < 4.78 is 23.6. The Bertz CT molecular complexity index is 742. The maximum absolute atomic E-state index is 12.2. The lowest BCUT2D eigenvalue weighted by Crippen LogP contribution is -2.31. The van der Waals surface area contributed by atoms with Crippen molar-refractivity contribution < 1.29 is 23.1 Å². The highest BCUT2D eigenvalue weighted by molar-refractivity contribution is 7.91. The summed E-state index contributed by atoms with van der Waals surface area (Å²) in [7, 11) is -3.33. The van der Waals surface area contributed by atoms with Crippen molar-refractivity contribution in [3.8, 4) is 0 Å². The maximum Gasteiger partial charge on any atom is 0.319 e. The van der Waals surface area contributed by atoms with Gasteiger partial charge in [-0.2, -0.15) is 0 Å². The first-order chi connectivity index (χ1) is 10.5. The van der Waals surface area contributed by atoms with E-state index in [1.54, 1.807) is 45.0 Å². The van der Waals surface area contributed by atoms with Gasteiger partial charge in [0.05, 0.1) is 10.5 Å². The molecule has 1 fully saturated rings. The van der Waals surface area contributed by atoms with Gasteiger partial charge < -0.3 is 10.4 Å². The first-order valence-corrected chi connectivity index (χ1v) is 8.99. The zero-order valence-electron chi connectivity index (χ0n) is 13.4. The van der Waals surface area contributed by atoms with Crippen molar-refractivity contribution in [1.29, 1.82) is 0 Å². The minimum absolute atomic E-state index is 0.135. The van der Waals surface area contributed by atoms with E-state index in [-0.39, 0.29) is 5.75 Å². The zero-order chi connectivity index (χ0) is 17.5. The quantitative estimate of drug-likeness (QED) is 0.801. The molecule has 0 bridgehead atoms. The van der Waals surface area contributed by atoms with E-state index >= 15 is 0 Å². The van der Waals surface area contributed by atoms with Crippen molar-refractivity contribution >= 4 is 27.4 Å². The van der Waals surface area contributed by atoms with Crippen LogP contribution in [0.3, 0.4) is 0 Å². The first-order valence-electron chi connectivity index (χ1n) is 7.34. The molecular formula is C16H21NO5S. The molecule has 23 heavy (non-hydrogen) atoms. The summed E-state index contributed by atoms with van der Waals surface area (Å²) in [5.41, 5.74) is -0.366. The topological polar surface area (TPSA) is 101 Å². The minimum atomic E-state index is -3.33. The van der Waals surface area contributed by atoms with Crippen LogP contribution in [0, 0.1) is 5.41 Å². The lowest BCUT2D eigenvalue weighted by atomic mass is 10.1. The van der Waals surface area contributed by atoms with Crippen LogP contribution in [0.1, 0.15) is 39.2 Å². The van der Waals surface area contributed by atoms with Crippen LogP contribution >= 0.6 is 0 Å². The summed E-state index contributed by atoms with van der Waals surface area (Å²) in [6, 6.07) is 6.49. The Hall–Kier alpha value is -1.89. The highest BCUT2D eigenvalue weighted by Crippen LogP contribution is 2.46. The molecule has 0 saturated heterocycles. The number of carbonyl (C=O) groups excluding carboxylic acids is 1. The summed E-state index contributed by atoms with van der Waals surface area (Å²) in [5, 5.41) is 11.7. The van der Waals surface area contributed by atoms with Gasteiger partial charge in [0.1, 0.15) is 5.41 Å². The molecule has 6 nitrogen and oxygen atoms in total. The van der Waals surface area contributed by atoms with Gasteiger partial charge in [0, 0.05) is 5.69 Å². The molecule has 126 valence electrons. The SMILES string of the molecule is CC(C)(C)S(=O)(=O)Cc1cccc(NC(=O)C2(C(=O)O)CC2)c1. The van der Waals surface area contributed by atoms with E-state index in [1.165, 1.54) is 0 Å². The summed E-state index contributed by atoms with van der Waals surface area (Å²) in [6.07, 6.45) is 0.651. The van der Waals surface area contributed by atoms with Gasteiger partial charge in [-0.15, -0.1) is 0 Å². The molecule has 1 amide bonds. The van der Waals surface area contributed by atoms with E-state index < -0.39 is 31.9 Å². The van der Waals surface area contributed by atoms with Gasteiger partial charge >= 0.3 is 5.97 Å². The van der Waals surface area contributed by atoms with Crippen LogP contribution in [0.15, 0.2) is 24.3 Å². The summed E-state index contributed by atoms with van der Waals surface area (Å²) >= 11 is 0. The van der Waals surface area contributed by atoms with E-state index in [0.29, 0.717) is 24.1 Å². The van der Waals surface area contributed by atoms with Crippen LogP contribution in [0.5, 0.6) is 0 Å². The molecule has 2 N–H and O–H groups in total. The molecular weight excluding hydrogens is 318 g/mol. The molecule has 0 aromatic heterocycles. The van der Waals surface area contributed by atoms with Gasteiger partial charge in [0.25, 0.3) is 0 Å². The van der Waals surface area contributed by atoms with E-state index in [9.17, 15) is 18.0 Å². The average molecular weight is 339 g/mol. The third-order valence-electron chi connectivity index (χ3n) is 4.07. The fraction of sp³-hybridized carbons (Fsp3) is 0.500. The largest absolute Gasteiger partial charge is 0.480 e. The van der Waals surface area contributed by atoms with E-state index in [4.69, 9.17) is 5.11 Å². The number of benzene rings is 1. The second-order valence-electron chi connectivity index (χ2n) is 6.91. The van der Waals surface area contributed by atoms with Crippen LogP contribution in [0.2, 0.25) is 0 Å². The van der Waals surface area contributed by atoms with Crippen molar-refractivity contribution in [2.45, 2.75) is 44.1 Å². The standard InChI is InChI=1S/C16H21NO5S/c1-15(2,3)23(21,22)10-11-5-4-6-12(9-11)17-13(18)16(7-8-16)14(19)20/h4-6,9H,7-8,10H2,1-3H3,(H,17,18)(H,19,20). The Kier molecular flexibility index (Phi) is 4.28. The molecule has 2 rings (SSSR count). The Morgan fingerprint density at radius 3 is 2.35 bits per heavy atom. The maximum atomic E-state index is 12.2. The van der Waals surface area contributed by atoms with E-state index in [0.717, 1.165) is 0 Å². The van der Waals surface area contributed by atoms with E-state index in [2.05, 4.69) is 5.32 Å². The molecule has 0 radical (unpaired) electrons. The minimum Gasteiger partial charge on any atom is -0.480 e. The second kappa shape index (κ2) is 5.63. The number of hydrogen-bond donors (Lipinski definition) is 2. The third-order valence-corrected chi connectivity index (χ3v) is 6.65. The number of nitrogens with one attached hydrogen (secondary N) is 1. The highest BCUT2D eigenvalue weighted by Gasteiger charge is 2.57. The fourth-order valence-corrected chi connectivity index (χ4v) is 3.14. The molecule has 1 saturated carbocycles. The summed E-state index contributed by atoms with van der Waals surface area (Å²) in [6.45, 7) is 4.91. The number of carboxylic acid groups (broad SMARTS) is 1. The van der Waals surface area contributed by atoms with Crippen LogP contribution in [-0.4, -0.2) is 30.1 Å². The average Bonchev–Trinajstić information content (AvgIpc) is 3.18. The normalized spacial score (nSPS) is 16.7. The van der Waals surface area contributed by atoms with Gasteiger partial charge in [-0.25, -0.2) is 8.42 Å². The molecule has 0 heterocycles. The smallest absolute Gasteiger partial charge is 0.319 e.